The number of ketones is 1. The highest BCUT2D eigenvalue weighted by Gasteiger charge is 2.19. The third-order valence-corrected chi connectivity index (χ3v) is 6.48. The fourth-order valence-corrected chi connectivity index (χ4v) is 4.38. The van der Waals surface area contributed by atoms with E-state index in [2.05, 4.69) is 10.0 Å². The molecule has 0 radical (unpaired) electrons. The molecule has 4 rings (SSSR count). The molecule has 1 amide bonds. The Hall–Kier alpha value is -4.38. The molecule has 1 heterocycles. The molecule has 1 aliphatic heterocycles. The molecule has 11 heteroatoms. The quantitative estimate of drug-likeness (QED) is 0.331. The van der Waals surface area contributed by atoms with Crippen LogP contribution in [0.25, 0.3) is 0 Å². The van der Waals surface area contributed by atoms with Crippen molar-refractivity contribution in [3.05, 3.63) is 77.9 Å². The number of hydrogen-bond donors (Lipinski definition) is 2. The molecule has 0 saturated carbocycles. The Bertz CT molecular complexity index is 1400. The van der Waals surface area contributed by atoms with Crippen LogP contribution in [0.1, 0.15) is 27.6 Å². The summed E-state index contributed by atoms with van der Waals surface area (Å²) in [5.41, 5.74) is 0.992. The minimum Gasteiger partial charge on any atom is -0.494 e. The number of benzene rings is 3. The Kier molecular flexibility index (Phi) is 7.20. The monoisotopic (exact) mass is 510 g/mol. The van der Waals surface area contributed by atoms with Gasteiger partial charge in [-0.3, -0.25) is 14.3 Å². The molecule has 0 aliphatic carbocycles. The molecule has 3 aromatic carbocycles. The van der Waals surface area contributed by atoms with Gasteiger partial charge in [-0.05, 0) is 73.7 Å². The van der Waals surface area contributed by atoms with Gasteiger partial charge in [-0.15, -0.1) is 0 Å². The number of hydrogen-bond acceptors (Lipinski definition) is 8. The molecule has 0 unspecified atom stereocenters. The van der Waals surface area contributed by atoms with Gasteiger partial charge in [0.05, 0.1) is 22.8 Å². The molecular formula is C25H22N2O8S. The second-order valence-electron chi connectivity index (χ2n) is 7.63. The van der Waals surface area contributed by atoms with Crippen molar-refractivity contribution in [2.24, 2.45) is 0 Å². The van der Waals surface area contributed by atoms with Crippen molar-refractivity contribution >= 4 is 39.1 Å². The van der Waals surface area contributed by atoms with Crippen LogP contribution in [0.5, 0.6) is 11.5 Å². The molecule has 0 atom stereocenters. The Morgan fingerprint density at radius 3 is 2.39 bits per heavy atom. The lowest BCUT2D eigenvalue weighted by Crippen LogP contribution is -2.25. The van der Waals surface area contributed by atoms with Crippen molar-refractivity contribution in [2.75, 3.05) is 29.9 Å². The largest absolute Gasteiger partial charge is 0.494 e. The number of nitrogens with one attached hydrogen (secondary N) is 2. The van der Waals surface area contributed by atoms with Gasteiger partial charge in [0.15, 0.2) is 19.0 Å². The molecular weight excluding hydrogens is 488 g/mol. The number of amides is 1. The number of sulfonamides is 1. The molecule has 0 saturated heterocycles. The van der Waals surface area contributed by atoms with Crippen LogP contribution >= 0.6 is 0 Å². The van der Waals surface area contributed by atoms with Crippen molar-refractivity contribution in [2.45, 2.75) is 11.8 Å². The maximum atomic E-state index is 12.6. The van der Waals surface area contributed by atoms with E-state index < -0.39 is 28.4 Å². The zero-order valence-electron chi connectivity index (χ0n) is 19.1. The number of rotatable bonds is 9. The first-order valence-corrected chi connectivity index (χ1v) is 12.4. The zero-order valence-corrected chi connectivity index (χ0v) is 20.0. The van der Waals surface area contributed by atoms with E-state index in [1.165, 1.54) is 48.5 Å². The SMILES string of the molecule is CCOc1ccc(S(=O)(=O)Nc2ccc(C(=O)OCC(=O)c3ccc4c(c3)NC(=O)CO4)cc2)cc1. The number of ether oxygens (including phenoxy) is 3. The summed E-state index contributed by atoms with van der Waals surface area (Å²) in [6.07, 6.45) is 0. The van der Waals surface area contributed by atoms with E-state index in [1.807, 2.05) is 6.92 Å². The third-order valence-electron chi connectivity index (χ3n) is 5.09. The van der Waals surface area contributed by atoms with Gasteiger partial charge in [-0.2, -0.15) is 0 Å². The van der Waals surface area contributed by atoms with Crippen molar-refractivity contribution in [1.29, 1.82) is 0 Å². The summed E-state index contributed by atoms with van der Waals surface area (Å²) in [5, 5.41) is 2.61. The summed E-state index contributed by atoms with van der Waals surface area (Å²) < 4.78 is 43.3. The molecule has 186 valence electrons. The second kappa shape index (κ2) is 10.5. The maximum absolute atomic E-state index is 12.6. The molecule has 10 nitrogen and oxygen atoms in total. The number of carbonyl (C=O) groups excluding carboxylic acids is 3. The summed E-state index contributed by atoms with van der Waals surface area (Å²) >= 11 is 0. The van der Waals surface area contributed by atoms with Crippen molar-refractivity contribution < 1.29 is 37.0 Å². The summed E-state index contributed by atoms with van der Waals surface area (Å²) in [7, 11) is -3.84. The number of fused-ring (bicyclic) bond motifs is 1. The van der Waals surface area contributed by atoms with Gasteiger partial charge in [0, 0.05) is 11.3 Å². The average molecular weight is 511 g/mol. The topological polar surface area (TPSA) is 137 Å². The second-order valence-corrected chi connectivity index (χ2v) is 9.32. The lowest BCUT2D eigenvalue weighted by molar-refractivity contribution is -0.118. The van der Waals surface area contributed by atoms with Crippen molar-refractivity contribution in [3.63, 3.8) is 0 Å². The maximum Gasteiger partial charge on any atom is 0.338 e. The molecule has 0 bridgehead atoms. The van der Waals surface area contributed by atoms with Crippen LogP contribution < -0.4 is 19.5 Å². The first-order chi connectivity index (χ1) is 17.2. The highest BCUT2D eigenvalue weighted by atomic mass is 32.2. The van der Waals surface area contributed by atoms with E-state index in [0.717, 1.165) is 0 Å². The fraction of sp³-hybridized carbons (Fsp3) is 0.160. The van der Waals surface area contributed by atoms with Gasteiger partial charge >= 0.3 is 5.97 Å². The highest BCUT2D eigenvalue weighted by Crippen LogP contribution is 2.28. The lowest BCUT2D eigenvalue weighted by atomic mass is 10.1. The Labute approximate surface area is 207 Å². The van der Waals surface area contributed by atoms with E-state index in [1.54, 1.807) is 18.2 Å². The van der Waals surface area contributed by atoms with E-state index in [4.69, 9.17) is 14.2 Å². The van der Waals surface area contributed by atoms with Crippen LogP contribution in [0, 0.1) is 0 Å². The van der Waals surface area contributed by atoms with Crippen LogP contribution in [-0.4, -0.2) is 45.9 Å². The lowest BCUT2D eigenvalue weighted by Gasteiger charge is -2.18. The first-order valence-electron chi connectivity index (χ1n) is 10.9. The molecule has 3 aromatic rings. The predicted octanol–water partition coefficient (Wildman–Crippen LogP) is 3.26. The van der Waals surface area contributed by atoms with Gasteiger partial charge in [0.25, 0.3) is 15.9 Å². The number of anilines is 2. The van der Waals surface area contributed by atoms with E-state index in [-0.39, 0.29) is 34.2 Å². The molecule has 0 aromatic heterocycles. The first kappa shape index (κ1) is 24.7. The normalized spacial score (nSPS) is 12.5. The van der Waals surface area contributed by atoms with Crippen molar-refractivity contribution in [1.82, 2.24) is 0 Å². The molecule has 2 N–H and O–H groups in total. The Morgan fingerprint density at radius 2 is 1.69 bits per heavy atom. The zero-order chi connectivity index (χ0) is 25.7. The molecule has 0 spiro atoms. The van der Waals surface area contributed by atoms with Gasteiger partial charge in [-0.1, -0.05) is 0 Å². The number of Topliss-reactive ketones (excluding diaryl/α,β-unsaturated/α-hetero) is 1. The van der Waals surface area contributed by atoms with Gasteiger partial charge < -0.3 is 19.5 Å². The van der Waals surface area contributed by atoms with Crippen LogP contribution in [-0.2, 0) is 19.6 Å². The summed E-state index contributed by atoms with van der Waals surface area (Å²) in [6, 6.07) is 16.1. The summed E-state index contributed by atoms with van der Waals surface area (Å²) in [5.74, 6) is -0.542. The Balaban J connectivity index is 1.34. The Morgan fingerprint density at radius 1 is 1.00 bits per heavy atom. The molecule has 36 heavy (non-hydrogen) atoms. The van der Waals surface area contributed by atoms with E-state index >= 15 is 0 Å². The molecule has 0 fully saturated rings. The minimum atomic E-state index is -3.84. The minimum absolute atomic E-state index is 0.0567. The number of carbonyl (C=O) groups is 3. The predicted molar refractivity (Wildman–Crippen MR) is 130 cm³/mol. The smallest absolute Gasteiger partial charge is 0.338 e. The standard InChI is InChI=1S/C25H22N2O8S/c1-2-33-19-8-10-20(11-9-19)36(31,32)27-18-6-3-16(4-7-18)25(30)35-14-22(28)17-5-12-23-21(13-17)26-24(29)15-34-23/h3-13,27H,2,14-15H2,1H3,(H,26,29). The van der Waals surface area contributed by atoms with E-state index in [0.29, 0.717) is 23.8 Å². The highest BCUT2D eigenvalue weighted by molar-refractivity contribution is 7.92. The summed E-state index contributed by atoms with van der Waals surface area (Å²) in [6.45, 7) is 1.69. The van der Waals surface area contributed by atoms with Crippen LogP contribution in [0.15, 0.2) is 71.6 Å². The van der Waals surface area contributed by atoms with Crippen LogP contribution in [0.2, 0.25) is 0 Å². The average Bonchev–Trinajstić information content (AvgIpc) is 2.87. The fourth-order valence-electron chi connectivity index (χ4n) is 3.32. The number of esters is 1. The van der Waals surface area contributed by atoms with Crippen LogP contribution in [0.3, 0.4) is 0 Å². The third kappa shape index (κ3) is 5.81. The van der Waals surface area contributed by atoms with Crippen LogP contribution in [0.4, 0.5) is 11.4 Å². The van der Waals surface area contributed by atoms with E-state index in [9.17, 15) is 22.8 Å². The van der Waals surface area contributed by atoms with Crippen molar-refractivity contribution in [3.8, 4) is 11.5 Å². The van der Waals surface area contributed by atoms with Gasteiger partial charge in [0.2, 0.25) is 0 Å². The summed E-state index contributed by atoms with van der Waals surface area (Å²) in [4.78, 5) is 36.3. The molecule has 1 aliphatic rings. The van der Waals surface area contributed by atoms with Gasteiger partial charge in [-0.25, -0.2) is 13.2 Å². The van der Waals surface area contributed by atoms with Gasteiger partial charge in [0.1, 0.15) is 11.5 Å².